The number of carbonyl (C=O) groups is 1. The average molecular weight is 390 g/mol. The van der Waals surface area contributed by atoms with Gasteiger partial charge in [-0.1, -0.05) is 30.3 Å². The van der Waals surface area contributed by atoms with E-state index in [0.29, 0.717) is 16.8 Å². The fourth-order valence-electron chi connectivity index (χ4n) is 3.07. The van der Waals surface area contributed by atoms with Gasteiger partial charge >= 0.3 is 0 Å². The number of nitrogens with one attached hydrogen (secondary N) is 1. The zero-order valence-corrected chi connectivity index (χ0v) is 16.3. The van der Waals surface area contributed by atoms with Crippen molar-refractivity contribution in [3.63, 3.8) is 0 Å². The van der Waals surface area contributed by atoms with E-state index in [9.17, 15) is 9.59 Å². The minimum absolute atomic E-state index is 0.141. The number of carbonyl (C=O) groups excluding carboxylic acids is 1. The van der Waals surface area contributed by atoms with Crippen LogP contribution >= 0.6 is 11.3 Å². The summed E-state index contributed by atoms with van der Waals surface area (Å²) in [5.41, 5.74) is 3.01. The molecule has 7 heteroatoms. The first kappa shape index (κ1) is 18.1. The number of aryl methyl sites for hydroxylation is 2. The van der Waals surface area contributed by atoms with E-state index >= 15 is 0 Å². The smallest absolute Gasteiger partial charge is 0.275 e. The van der Waals surface area contributed by atoms with Gasteiger partial charge in [0.25, 0.3) is 5.56 Å². The Bertz CT molecular complexity index is 1230. The molecule has 0 aliphatic heterocycles. The van der Waals surface area contributed by atoms with Gasteiger partial charge < -0.3 is 5.32 Å². The zero-order chi connectivity index (χ0) is 19.7. The highest BCUT2D eigenvalue weighted by atomic mass is 32.1. The molecule has 1 amide bonds. The molecule has 4 rings (SSSR count). The Balaban J connectivity index is 1.51. The first-order valence-corrected chi connectivity index (χ1v) is 9.68. The summed E-state index contributed by atoms with van der Waals surface area (Å²) >= 11 is 1.60. The van der Waals surface area contributed by atoms with E-state index in [1.165, 1.54) is 4.68 Å². The summed E-state index contributed by atoms with van der Waals surface area (Å²) in [5, 5.41) is 11.5. The molecule has 0 fully saturated rings. The van der Waals surface area contributed by atoms with E-state index in [0.717, 1.165) is 21.7 Å². The van der Waals surface area contributed by atoms with E-state index in [1.807, 2.05) is 55.6 Å². The maximum absolute atomic E-state index is 12.6. The van der Waals surface area contributed by atoms with Gasteiger partial charge in [0, 0.05) is 22.0 Å². The fraction of sp³-hybridized carbons (Fsp3) is 0.143. The van der Waals surface area contributed by atoms with Crippen molar-refractivity contribution < 1.29 is 4.79 Å². The van der Waals surface area contributed by atoms with Crippen molar-refractivity contribution in [1.82, 2.24) is 14.8 Å². The van der Waals surface area contributed by atoms with Gasteiger partial charge in [-0.15, -0.1) is 11.3 Å². The van der Waals surface area contributed by atoms with Crippen LogP contribution in [0.4, 0.5) is 5.69 Å². The topological polar surface area (TPSA) is 76.9 Å². The first-order chi connectivity index (χ1) is 13.5. The quantitative estimate of drug-likeness (QED) is 0.575. The molecular weight excluding hydrogens is 372 g/mol. The first-order valence-electron chi connectivity index (χ1n) is 8.80. The lowest BCUT2D eigenvalue weighted by atomic mass is 10.1. The Morgan fingerprint density at radius 1 is 1.07 bits per heavy atom. The summed E-state index contributed by atoms with van der Waals surface area (Å²) < 4.78 is 1.21. The lowest BCUT2D eigenvalue weighted by Gasteiger charge is -2.09. The molecule has 0 saturated heterocycles. The Morgan fingerprint density at radius 2 is 1.79 bits per heavy atom. The highest BCUT2D eigenvalue weighted by Crippen LogP contribution is 2.23. The number of nitrogens with zero attached hydrogens (tertiary/aromatic N) is 3. The van der Waals surface area contributed by atoms with Crippen LogP contribution in [0.5, 0.6) is 0 Å². The van der Waals surface area contributed by atoms with Crippen molar-refractivity contribution in [2.24, 2.45) is 0 Å². The predicted octanol–water partition coefficient (Wildman–Crippen LogP) is 3.78. The number of aromatic nitrogens is 3. The van der Waals surface area contributed by atoms with Crippen molar-refractivity contribution in [3.05, 3.63) is 75.0 Å². The van der Waals surface area contributed by atoms with Gasteiger partial charge in [-0.25, -0.2) is 9.67 Å². The van der Waals surface area contributed by atoms with Gasteiger partial charge in [0.2, 0.25) is 5.91 Å². The van der Waals surface area contributed by atoms with Gasteiger partial charge in [0.05, 0.1) is 21.8 Å². The molecule has 0 aliphatic rings. The molecule has 28 heavy (non-hydrogen) atoms. The molecule has 140 valence electrons. The number of anilines is 1. The molecule has 4 aromatic rings. The standard InChI is InChI=1S/C21H18N4O2S/c1-13-17-5-3-4-6-18(17)21(27)25(24-13)11-20(26)23-16-9-7-15(8-10-16)19-12-28-14(2)22-19/h3-10,12H,11H2,1-2H3,(H,23,26). The van der Waals surface area contributed by atoms with E-state index in [-0.39, 0.29) is 18.0 Å². The summed E-state index contributed by atoms with van der Waals surface area (Å²) in [6.07, 6.45) is 0. The minimum atomic E-state index is -0.304. The lowest BCUT2D eigenvalue weighted by Crippen LogP contribution is -2.30. The molecule has 0 unspecified atom stereocenters. The second-order valence-corrected chi connectivity index (χ2v) is 7.53. The molecule has 2 aromatic carbocycles. The van der Waals surface area contributed by atoms with Crippen molar-refractivity contribution in [2.75, 3.05) is 5.32 Å². The third-order valence-electron chi connectivity index (χ3n) is 4.43. The molecule has 2 heterocycles. The maximum Gasteiger partial charge on any atom is 0.275 e. The third-order valence-corrected chi connectivity index (χ3v) is 5.20. The molecule has 0 spiro atoms. The molecule has 0 saturated carbocycles. The Labute approximate surface area is 165 Å². The summed E-state index contributed by atoms with van der Waals surface area (Å²) in [4.78, 5) is 29.5. The summed E-state index contributed by atoms with van der Waals surface area (Å²) in [6.45, 7) is 3.65. The van der Waals surface area contributed by atoms with Crippen LogP contribution in [0, 0.1) is 13.8 Å². The van der Waals surface area contributed by atoms with Crippen LogP contribution in [0.25, 0.3) is 22.0 Å². The van der Waals surface area contributed by atoms with Gasteiger partial charge in [-0.2, -0.15) is 5.10 Å². The van der Waals surface area contributed by atoms with Gasteiger partial charge in [-0.3, -0.25) is 9.59 Å². The monoisotopic (exact) mass is 390 g/mol. The maximum atomic E-state index is 12.6. The second-order valence-electron chi connectivity index (χ2n) is 6.47. The zero-order valence-electron chi connectivity index (χ0n) is 15.5. The van der Waals surface area contributed by atoms with E-state index in [2.05, 4.69) is 15.4 Å². The number of amides is 1. The second kappa shape index (κ2) is 7.36. The summed E-state index contributed by atoms with van der Waals surface area (Å²) in [6, 6.07) is 14.7. The van der Waals surface area contributed by atoms with Crippen LogP contribution in [-0.4, -0.2) is 20.7 Å². The normalized spacial score (nSPS) is 10.9. The number of fused-ring (bicyclic) bond motifs is 1. The lowest BCUT2D eigenvalue weighted by molar-refractivity contribution is -0.117. The summed E-state index contributed by atoms with van der Waals surface area (Å²) in [5.74, 6) is -0.304. The van der Waals surface area contributed by atoms with Crippen molar-refractivity contribution in [2.45, 2.75) is 20.4 Å². The van der Waals surface area contributed by atoms with Crippen LogP contribution in [0.15, 0.2) is 58.7 Å². The van der Waals surface area contributed by atoms with Crippen LogP contribution in [0.1, 0.15) is 10.7 Å². The number of hydrogen-bond donors (Lipinski definition) is 1. The third kappa shape index (κ3) is 3.57. The highest BCUT2D eigenvalue weighted by Gasteiger charge is 2.11. The van der Waals surface area contributed by atoms with Crippen LogP contribution in [0.3, 0.4) is 0 Å². The average Bonchev–Trinajstić information content (AvgIpc) is 3.13. The largest absolute Gasteiger partial charge is 0.324 e. The molecular formula is C21H18N4O2S. The fourth-order valence-corrected chi connectivity index (χ4v) is 3.69. The van der Waals surface area contributed by atoms with Crippen LogP contribution in [-0.2, 0) is 11.3 Å². The molecule has 0 radical (unpaired) electrons. The van der Waals surface area contributed by atoms with Crippen molar-refractivity contribution >= 4 is 33.7 Å². The van der Waals surface area contributed by atoms with E-state index < -0.39 is 0 Å². The predicted molar refractivity (Wildman–Crippen MR) is 112 cm³/mol. The molecule has 2 aromatic heterocycles. The summed E-state index contributed by atoms with van der Waals surface area (Å²) in [7, 11) is 0. The van der Waals surface area contributed by atoms with Gasteiger partial charge in [-0.05, 0) is 32.0 Å². The van der Waals surface area contributed by atoms with Crippen LogP contribution in [0.2, 0.25) is 0 Å². The van der Waals surface area contributed by atoms with Crippen molar-refractivity contribution in [3.8, 4) is 11.3 Å². The molecule has 0 bridgehead atoms. The Morgan fingerprint density at radius 3 is 2.46 bits per heavy atom. The Kier molecular flexibility index (Phi) is 4.75. The number of benzene rings is 2. The number of hydrogen-bond acceptors (Lipinski definition) is 5. The van der Waals surface area contributed by atoms with Gasteiger partial charge in [0.1, 0.15) is 6.54 Å². The minimum Gasteiger partial charge on any atom is -0.324 e. The number of rotatable bonds is 4. The van der Waals surface area contributed by atoms with E-state index in [1.54, 1.807) is 23.5 Å². The Hall–Kier alpha value is -3.32. The van der Waals surface area contributed by atoms with Crippen molar-refractivity contribution in [1.29, 1.82) is 0 Å². The molecule has 0 aliphatic carbocycles. The SMILES string of the molecule is Cc1nc(-c2ccc(NC(=O)Cn3nc(C)c4ccccc4c3=O)cc2)cs1. The van der Waals surface area contributed by atoms with Crippen LogP contribution < -0.4 is 10.9 Å². The number of thiazole rings is 1. The molecule has 1 N–H and O–H groups in total. The molecule has 6 nitrogen and oxygen atoms in total. The van der Waals surface area contributed by atoms with Gasteiger partial charge in [0.15, 0.2) is 0 Å². The molecule has 0 atom stereocenters. The van der Waals surface area contributed by atoms with E-state index in [4.69, 9.17) is 0 Å². The highest BCUT2D eigenvalue weighted by molar-refractivity contribution is 7.09.